The predicted molar refractivity (Wildman–Crippen MR) is 76.4 cm³/mol. The van der Waals surface area contributed by atoms with Crippen LogP contribution in [0, 0.1) is 0 Å². The average molecular weight is 278 g/mol. The van der Waals surface area contributed by atoms with E-state index in [0.29, 0.717) is 18.5 Å². The van der Waals surface area contributed by atoms with E-state index in [1.54, 1.807) is 17.6 Å². The van der Waals surface area contributed by atoms with E-state index < -0.39 is 0 Å². The Balaban J connectivity index is 1.97. The van der Waals surface area contributed by atoms with Crippen molar-refractivity contribution in [1.82, 2.24) is 10.8 Å². The van der Waals surface area contributed by atoms with Gasteiger partial charge in [-0.15, -0.1) is 0 Å². The smallest absolute Gasteiger partial charge is 0.251 e. The Kier molecular flexibility index (Phi) is 8.07. The van der Waals surface area contributed by atoms with E-state index in [1.807, 2.05) is 18.2 Å². The maximum absolute atomic E-state index is 11.7. The van der Waals surface area contributed by atoms with E-state index in [2.05, 4.69) is 5.32 Å². The zero-order chi connectivity index (χ0) is 14.6. The fraction of sp³-hybridized carbons (Fsp3) is 0.467. The molecule has 5 heteroatoms. The van der Waals surface area contributed by atoms with Gasteiger partial charge in [0.05, 0.1) is 0 Å². The second-order valence-electron chi connectivity index (χ2n) is 4.67. The van der Waals surface area contributed by atoms with Crippen LogP contribution in [0.25, 0.3) is 0 Å². The number of hydrogen-bond donors (Lipinski definition) is 3. The maximum atomic E-state index is 11.7. The Morgan fingerprint density at radius 1 is 0.950 bits per heavy atom. The van der Waals surface area contributed by atoms with Gasteiger partial charge in [-0.2, -0.15) is 0 Å². The molecule has 0 saturated heterocycles. The fourth-order valence-electron chi connectivity index (χ4n) is 1.89. The lowest BCUT2D eigenvalue weighted by molar-refractivity contribution is -0.129. The number of nitrogens with one attached hydrogen (secondary N) is 2. The van der Waals surface area contributed by atoms with E-state index >= 15 is 0 Å². The molecule has 0 bridgehead atoms. The Hall–Kier alpha value is -1.88. The van der Waals surface area contributed by atoms with Crippen molar-refractivity contribution in [3.05, 3.63) is 35.9 Å². The summed E-state index contributed by atoms with van der Waals surface area (Å²) in [4.78, 5) is 22.5. The minimum Gasteiger partial charge on any atom is -0.352 e. The molecule has 0 aliphatic rings. The number of rotatable bonds is 9. The lowest BCUT2D eigenvalue weighted by atomic mass is 10.1. The minimum atomic E-state index is -0.333. The van der Waals surface area contributed by atoms with Crippen LogP contribution in [-0.4, -0.2) is 23.6 Å². The molecule has 20 heavy (non-hydrogen) atoms. The van der Waals surface area contributed by atoms with Gasteiger partial charge in [-0.3, -0.25) is 14.8 Å². The molecule has 1 rings (SSSR count). The van der Waals surface area contributed by atoms with E-state index in [4.69, 9.17) is 5.21 Å². The van der Waals surface area contributed by atoms with Gasteiger partial charge in [0, 0.05) is 18.5 Å². The first kappa shape index (κ1) is 16.2. The van der Waals surface area contributed by atoms with Crippen LogP contribution in [0.4, 0.5) is 0 Å². The van der Waals surface area contributed by atoms with Crippen LogP contribution >= 0.6 is 0 Å². The lowest BCUT2D eigenvalue weighted by Crippen LogP contribution is -2.24. The third-order valence-electron chi connectivity index (χ3n) is 3.03. The first-order valence-electron chi connectivity index (χ1n) is 7.00. The molecule has 0 radical (unpaired) electrons. The van der Waals surface area contributed by atoms with E-state index in [-0.39, 0.29) is 11.8 Å². The SMILES string of the molecule is O=C(CCCCCCCNC(=O)c1ccccc1)NO. The minimum absolute atomic E-state index is 0.0368. The van der Waals surface area contributed by atoms with Crippen LogP contribution in [0.3, 0.4) is 0 Å². The molecule has 0 saturated carbocycles. The number of unbranched alkanes of at least 4 members (excludes halogenated alkanes) is 4. The quantitative estimate of drug-likeness (QED) is 0.368. The van der Waals surface area contributed by atoms with Gasteiger partial charge in [0.2, 0.25) is 5.91 Å². The summed E-state index contributed by atoms with van der Waals surface area (Å²) in [6, 6.07) is 9.16. The van der Waals surface area contributed by atoms with Crippen molar-refractivity contribution in [2.45, 2.75) is 38.5 Å². The molecule has 0 spiro atoms. The van der Waals surface area contributed by atoms with E-state index in [0.717, 1.165) is 32.1 Å². The van der Waals surface area contributed by atoms with Crippen LogP contribution in [0.1, 0.15) is 48.9 Å². The molecule has 0 heterocycles. The third kappa shape index (κ3) is 6.89. The summed E-state index contributed by atoms with van der Waals surface area (Å²) < 4.78 is 0. The molecular weight excluding hydrogens is 256 g/mol. The molecule has 5 nitrogen and oxygen atoms in total. The van der Waals surface area contributed by atoms with Crippen molar-refractivity contribution < 1.29 is 14.8 Å². The summed E-state index contributed by atoms with van der Waals surface area (Å²) in [6.07, 6.45) is 5.09. The highest BCUT2D eigenvalue weighted by molar-refractivity contribution is 5.94. The van der Waals surface area contributed by atoms with Crippen LogP contribution in [0.5, 0.6) is 0 Å². The van der Waals surface area contributed by atoms with Gasteiger partial charge in [0.1, 0.15) is 0 Å². The predicted octanol–water partition coefficient (Wildman–Crippen LogP) is 2.26. The highest BCUT2D eigenvalue weighted by Gasteiger charge is 2.02. The number of amides is 2. The highest BCUT2D eigenvalue weighted by Crippen LogP contribution is 2.05. The maximum Gasteiger partial charge on any atom is 0.251 e. The second-order valence-corrected chi connectivity index (χ2v) is 4.67. The van der Waals surface area contributed by atoms with Gasteiger partial charge in [0.15, 0.2) is 0 Å². The Morgan fingerprint density at radius 3 is 2.30 bits per heavy atom. The van der Waals surface area contributed by atoms with Gasteiger partial charge >= 0.3 is 0 Å². The van der Waals surface area contributed by atoms with Crippen LogP contribution < -0.4 is 10.8 Å². The topological polar surface area (TPSA) is 78.4 Å². The number of carbonyl (C=O) groups excluding carboxylic acids is 2. The average Bonchev–Trinajstić information content (AvgIpc) is 2.50. The van der Waals surface area contributed by atoms with Crippen LogP contribution in [0.2, 0.25) is 0 Å². The molecule has 0 aromatic heterocycles. The molecule has 3 N–H and O–H groups in total. The molecule has 110 valence electrons. The van der Waals surface area contributed by atoms with Gasteiger partial charge in [0.25, 0.3) is 5.91 Å². The van der Waals surface area contributed by atoms with Gasteiger partial charge in [-0.25, -0.2) is 5.48 Å². The summed E-state index contributed by atoms with van der Waals surface area (Å²) in [5.41, 5.74) is 2.30. The monoisotopic (exact) mass is 278 g/mol. The van der Waals surface area contributed by atoms with E-state index in [1.165, 1.54) is 0 Å². The standard InChI is InChI=1S/C15H22N2O3/c18-14(17-20)11-7-2-1-3-8-12-16-15(19)13-9-5-4-6-10-13/h4-6,9-10,20H,1-3,7-8,11-12H2,(H,16,19)(H,17,18). The Labute approximate surface area is 119 Å². The molecule has 1 aromatic rings. The zero-order valence-corrected chi connectivity index (χ0v) is 11.6. The van der Waals surface area contributed by atoms with Gasteiger partial charge in [-0.05, 0) is 25.0 Å². The number of hydrogen-bond acceptors (Lipinski definition) is 3. The Morgan fingerprint density at radius 2 is 1.60 bits per heavy atom. The normalized spacial score (nSPS) is 10.1. The van der Waals surface area contributed by atoms with Gasteiger partial charge < -0.3 is 5.32 Å². The number of hydroxylamine groups is 1. The van der Waals surface area contributed by atoms with Gasteiger partial charge in [-0.1, -0.05) is 37.5 Å². The molecule has 0 aliphatic heterocycles. The van der Waals surface area contributed by atoms with E-state index in [9.17, 15) is 9.59 Å². The summed E-state index contributed by atoms with van der Waals surface area (Å²) in [5.74, 6) is -0.370. The van der Waals surface area contributed by atoms with Crippen molar-refractivity contribution in [2.24, 2.45) is 0 Å². The molecule has 0 atom stereocenters. The van der Waals surface area contributed by atoms with Crippen molar-refractivity contribution in [2.75, 3.05) is 6.54 Å². The molecule has 2 amide bonds. The zero-order valence-electron chi connectivity index (χ0n) is 11.6. The summed E-state index contributed by atoms with van der Waals surface area (Å²) >= 11 is 0. The largest absolute Gasteiger partial charge is 0.352 e. The molecule has 0 aliphatic carbocycles. The molecular formula is C15H22N2O3. The fourth-order valence-corrected chi connectivity index (χ4v) is 1.89. The number of benzene rings is 1. The molecule has 0 fully saturated rings. The van der Waals surface area contributed by atoms with Crippen molar-refractivity contribution in [3.8, 4) is 0 Å². The lowest BCUT2D eigenvalue weighted by Gasteiger charge is -2.05. The molecule has 0 unspecified atom stereocenters. The van der Waals surface area contributed by atoms with Crippen molar-refractivity contribution >= 4 is 11.8 Å². The summed E-state index contributed by atoms with van der Waals surface area (Å²) in [5, 5.41) is 11.2. The summed E-state index contributed by atoms with van der Waals surface area (Å²) in [7, 11) is 0. The van der Waals surface area contributed by atoms with Crippen LogP contribution in [0.15, 0.2) is 30.3 Å². The van der Waals surface area contributed by atoms with Crippen LogP contribution in [-0.2, 0) is 4.79 Å². The highest BCUT2D eigenvalue weighted by atomic mass is 16.5. The third-order valence-corrected chi connectivity index (χ3v) is 3.03. The summed E-state index contributed by atoms with van der Waals surface area (Å²) in [6.45, 7) is 0.671. The molecule has 1 aromatic carbocycles. The Bertz CT molecular complexity index is 407. The second kappa shape index (κ2) is 9.97. The van der Waals surface area contributed by atoms with Crippen molar-refractivity contribution in [1.29, 1.82) is 0 Å². The van der Waals surface area contributed by atoms with Crippen molar-refractivity contribution in [3.63, 3.8) is 0 Å². The first-order valence-corrected chi connectivity index (χ1v) is 7.00. The first-order chi connectivity index (χ1) is 9.74. The number of carbonyl (C=O) groups is 2.